The molecule has 0 aliphatic rings. The third-order valence-electron chi connectivity index (χ3n) is 3.37. The first kappa shape index (κ1) is 18.0. The fourth-order valence-electron chi connectivity index (χ4n) is 2.33. The monoisotopic (exact) mass is 310 g/mol. The van der Waals surface area contributed by atoms with Crippen molar-refractivity contribution in [2.24, 2.45) is 4.99 Å². The van der Waals surface area contributed by atoms with Crippen LogP contribution in [-0.4, -0.2) is 43.1 Å². The molecule has 0 saturated carbocycles. The second kappa shape index (κ2) is 9.79. The molecule has 0 radical (unpaired) electrons. The molecule has 4 nitrogen and oxygen atoms in total. The number of rotatable bonds is 8. The lowest BCUT2D eigenvalue weighted by Gasteiger charge is -2.28. The van der Waals surface area contributed by atoms with Crippen molar-refractivity contribution in [2.45, 2.75) is 46.7 Å². The minimum Gasteiger partial charge on any atom is -0.357 e. The van der Waals surface area contributed by atoms with E-state index in [1.807, 2.05) is 0 Å². The highest BCUT2D eigenvalue weighted by atomic mass is 32.1. The van der Waals surface area contributed by atoms with Gasteiger partial charge in [0.15, 0.2) is 5.96 Å². The molecule has 0 aliphatic heterocycles. The first-order valence-corrected chi connectivity index (χ1v) is 8.87. The Hall–Kier alpha value is -1.07. The van der Waals surface area contributed by atoms with Gasteiger partial charge in [-0.25, -0.2) is 0 Å². The number of nitrogens with zero attached hydrogens (tertiary/aromatic N) is 2. The Morgan fingerprint density at radius 3 is 2.48 bits per heavy atom. The van der Waals surface area contributed by atoms with Gasteiger partial charge in [0.05, 0.1) is 12.6 Å². The van der Waals surface area contributed by atoms with Gasteiger partial charge in [-0.05, 0) is 56.3 Å². The first-order valence-electron chi connectivity index (χ1n) is 7.93. The highest BCUT2D eigenvalue weighted by Crippen LogP contribution is 2.23. The summed E-state index contributed by atoms with van der Waals surface area (Å²) in [7, 11) is 0. The average Bonchev–Trinajstić information content (AvgIpc) is 2.96. The van der Waals surface area contributed by atoms with Gasteiger partial charge in [0.1, 0.15) is 0 Å². The second-order valence-corrected chi connectivity index (χ2v) is 6.09. The van der Waals surface area contributed by atoms with Crippen molar-refractivity contribution in [1.29, 1.82) is 0 Å². The van der Waals surface area contributed by atoms with Crippen molar-refractivity contribution in [3.63, 3.8) is 0 Å². The van der Waals surface area contributed by atoms with Crippen LogP contribution >= 0.6 is 11.3 Å². The van der Waals surface area contributed by atoms with Gasteiger partial charge in [0.2, 0.25) is 0 Å². The number of hydrogen-bond donors (Lipinski definition) is 2. The lowest BCUT2D eigenvalue weighted by molar-refractivity contribution is 0.224. The van der Waals surface area contributed by atoms with Gasteiger partial charge in [-0.2, -0.15) is 11.3 Å². The molecular formula is C16H30N4S. The van der Waals surface area contributed by atoms with E-state index in [1.165, 1.54) is 5.56 Å². The molecule has 1 heterocycles. The van der Waals surface area contributed by atoms with Crippen molar-refractivity contribution < 1.29 is 0 Å². The van der Waals surface area contributed by atoms with Crippen molar-refractivity contribution in [2.75, 3.05) is 26.2 Å². The first-order chi connectivity index (χ1) is 10.1. The van der Waals surface area contributed by atoms with Crippen LogP contribution < -0.4 is 10.6 Å². The standard InChI is InChI=1S/C16H30N4S/c1-6-17-16(19-13(4)5)18-11-15(20(7-2)8-3)14-9-10-21-12-14/h9-10,12-13,15H,6-8,11H2,1-5H3,(H2,17,18,19). The van der Waals surface area contributed by atoms with E-state index in [-0.39, 0.29) is 0 Å². The van der Waals surface area contributed by atoms with Crippen LogP contribution in [-0.2, 0) is 0 Å². The molecule has 2 N–H and O–H groups in total. The van der Waals surface area contributed by atoms with Crippen LogP contribution in [0.5, 0.6) is 0 Å². The Morgan fingerprint density at radius 1 is 1.29 bits per heavy atom. The summed E-state index contributed by atoms with van der Waals surface area (Å²) < 4.78 is 0. The summed E-state index contributed by atoms with van der Waals surface area (Å²) in [6, 6.07) is 2.95. The number of nitrogens with one attached hydrogen (secondary N) is 2. The van der Waals surface area contributed by atoms with Gasteiger partial charge in [-0.15, -0.1) is 0 Å². The number of hydrogen-bond acceptors (Lipinski definition) is 3. The molecule has 0 bridgehead atoms. The van der Waals surface area contributed by atoms with Crippen LogP contribution in [0.3, 0.4) is 0 Å². The van der Waals surface area contributed by atoms with Crippen LogP contribution in [0, 0.1) is 0 Å². The second-order valence-electron chi connectivity index (χ2n) is 5.31. The van der Waals surface area contributed by atoms with E-state index in [1.54, 1.807) is 11.3 Å². The van der Waals surface area contributed by atoms with Crippen LogP contribution in [0.4, 0.5) is 0 Å². The molecule has 1 atom stereocenters. The zero-order valence-corrected chi connectivity index (χ0v) is 14.8. The highest BCUT2D eigenvalue weighted by molar-refractivity contribution is 7.07. The Morgan fingerprint density at radius 2 is 2.00 bits per heavy atom. The van der Waals surface area contributed by atoms with E-state index in [2.05, 4.69) is 67.0 Å². The van der Waals surface area contributed by atoms with Gasteiger partial charge in [0, 0.05) is 12.6 Å². The number of thiophene rings is 1. The SMILES string of the molecule is CCNC(=NCC(c1ccsc1)N(CC)CC)NC(C)C. The summed E-state index contributed by atoms with van der Waals surface area (Å²) in [4.78, 5) is 7.25. The Bertz CT molecular complexity index is 396. The van der Waals surface area contributed by atoms with Gasteiger partial charge in [-0.1, -0.05) is 13.8 Å². The molecule has 5 heteroatoms. The zero-order valence-electron chi connectivity index (χ0n) is 14.0. The normalized spacial score (nSPS) is 13.8. The molecular weight excluding hydrogens is 280 g/mol. The minimum absolute atomic E-state index is 0.355. The molecule has 1 aromatic rings. The Balaban J connectivity index is 2.84. The zero-order chi connectivity index (χ0) is 15.7. The fraction of sp³-hybridized carbons (Fsp3) is 0.688. The minimum atomic E-state index is 0.355. The lowest BCUT2D eigenvalue weighted by atomic mass is 10.1. The molecule has 0 fully saturated rings. The summed E-state index contributed by atoms with van der Waals surface area (Å²) in [5, 5.41) is 11.1. The lowest BCUT2D eigenvalue weighted by Crippen LogP contribution is -2.41. The van der Waals surface area contributed by atoms with Crippen LogP contribution in [0.2, 0.25) is 0 Å². The van der Waals surface area contributed by atoms with Crippen molar-refractivity contribution in [1.82, 2.24) is 15.5 Å². The van der Waals surface area contributed by atoms with E-state index in [0.29, 0.717) is 12.1 Å². The predicted octanol–water partition coefficient (Wildman–Crippen LogP) is 3.09. The molecule has 0 aromatic carbocycles. The number of likely N-dealkylation sites (N-methyl/N-ethyl adjacent to an activating group) is 1. The summed E-state index contributed by atoms with van der Waals surface area (Å²) in [6.45, 7) is 14.5. The summed E-state index contributed by atoms with van der Waals surface area (Å²) in [5.41, 5.74) is 1.37. The third-order valence-corrected chi connectivity index (χ3v) is 4.07. The van der Waals surface area contributed by atoms with E-state index in [0.717, 1.165) is 32.1 Å². The number of aliphatic imine (C=N–C) groups is 1. The summed E-state index contributed by atoms with van der Waals surface area (Å²) >= 11 is 1.76. The van der Waals surface area contributed by atoms with E-state index in [4.69, 9.17) is 4.99 Å². The largest absolute Gasteiger partial charge is 0.357 e. The maximum atomic E-state index is 4.78. The molecule has 0 aliphatic carbocycles. The van der Waals surface area contributed by atoms with Crippen molar-refractivity contribution in [3.05, 3.63) is 22.4 Å². The maximum absolute atomic E-state index is 4.78. The van der Waals surface area contributed by atoms with Gasteiger partial charge >= 0.3 is 0 Å². The summed E-state index contributed by atoms with van der Waals surface area (Å²) in [6.07, 6.45) is 0. The molecule has 120 valence electrons. The molecule has 1 rings (SSSR count). The number of guanidine groups is 1. The molecule has 0 spiro atoms. The summed E-state index contributed by atoms with van der Waals surface area (Å²) in [5.74, 6) is 0.903. The molecule has 1 unspecified atom stereocenters. The van der Waals surface area contributed by atoms with Crippen LogP contribution in [0.1, 0.15) is 46.2 Å². The van der Waals surface area contributed by atoms with E-state index >= 15 is 0 Å². The smallest absolute Gasteiger partial charge is 0.191 e. The Labute approximate surface area is 133 Å². The Kier molecular flexibility index (Phi) is 8.38. The fourth-order valence-corrected chi connectivity index (χ4v) is 3.04. The quantitative estimate of drug-likeness (QED) is 0.572. The van der Waals surface area contributed by atoms with Crippen molar-refractivity contribution in [3.8, 4) is 0 Å². The molecule has 0 saturated heterocycles. The maximum Gasteiger partial charge on any atom is 0.191 e. The van der Waals surface area contributed by atoms with Crippen LogP contribution in [0.25, 0.3) is 0 Å². The van der Waals surface area contributed by atoms with Crippen LogP contribution in [0.15, 0.2) is 21.8 Å². The topological polar surface area (TPSA) is 39.7 Å². The van der Waals surface area contributed by atoms with E-state index in [9.17, 15) is 0 Å². The van der Waals surface area contributed by atoms with Crippen molar-refractivity contribution >= 4 is 17.3 Å². The molecule has 1 aromatic heterocycles. The predicted molar refractivity (Wildman–Crippen MR) is 94.2 cm³/mol. The third kappa shape index (κ3) is 6.06. The van der Waals surface area contributed by atoms with E-state index < -0.39 is 0 Å². The average molecular weight is 311 g/mol. The van der Waals surface area contributed by atoms with Gasteiger partial charge in [-0.3, -0.25) is 9.89 Å². The molecule has 0 amide bonds. The van der Waals surface area contributed by atoms with Gasteiger partial charge < -0.3 is 10.6 Å². The highest BCUT2D eigenvalue weighted by Gasteiger charge is 2.18. The van der Waals surface area contributed by atoms with Gasteiger partial charge in [0.25, 0.3) is 0 Å². The molecule has 21 heavy (non-hydrogen) atoms.